The zero-order valence-corrected chi connectivity index (χ0v) is 14.9. The molecule has 2 aromatic rings. The Morgan fingerprint density at radius 1 is 1.08 bits per heavy atom. The summed E-state index contributed by atoms with van der Waals surface area (Å²) < 4.78 is 5.27. The van der Waals surface area contributed by atoms with Crippen LogP contribution in [0.3, 0.4) is 0 Å². The van der Waals surface area contributed by atoms with Crippen LogP contribution in [-0.4, -0.2) is 43.0 Å². The van der Waals surface area contributed by atoms with E-state index in [1.807, 2.05) is 18.2 Å². The van der Waals surface area contributed by atoms with Gasteiger partial charge in [0, 0.05) is 35.4 Å². The van der Waals surface area contributed by atoms with E-state index in [4.69, 9.17) is 16.3 Å². The molecule has 1 saturated heterocycles. The van der Waals surface area contributed by atoms with E-state index in [1.54, 1.807) is 41.3 Å². The summed E-state index contributed by atoms with van der Waals surface area (Å²) in [4.78, 5) is 26.4. The van der Waals surface area contributed by atoms with E-state index < -0.39 is 0 Å². The Morgan fingerprint density at radius 3 is 2.62 bits per heavy atom. The molecule has 6 heteroatoms. The number of amides is 2. The molecule has 134 valence electrons. The van der Waals surface area contributed by atoms with Crippen molar-refractivity contribution in [2.45, 2.75) is 0 Å². The largest absolute Gasteiger partial charge is 0.378 e. The molecule has 2 amide bonds. The van der Waals surface area contributed by atoms with Gasteiger partial charge in [0.05, 0.1) is 13.2 Å². The van der Waals surface area contributed by atoms with Crippen LogP contribution in [0.15, 0.2) is 54.6 Å². The van der Waals surface area contributed by atoms with E-state index in [9.17, 15) is 9.59 Å². The second-order valence-corrected chi connectivity index (χ2v) is 6.24. The topological polar surface area (TPSA) is 58.6 Å². The van der Waals surface area contributed by atoms with E-state index in [1.165, 1.54) is 6.08 Å². The third-order valence-electron chi connectivity index (χ3n) is 3.99. The summed E-state index contributed by atoms with van der Waals surface area (Å²) in [5.74, 6) is -0.350. The Labute approximate surface area is 157 Å². The number of nitrogens with zero attached hydrogens (tertiary/aromatic N) is 1. The van der Waals surface area contributed by atoms with Crippen LogP contribution in [0.5, 0.6) is 0 Å². The van der Waals surface area contributed by atoms with Gasteiger partial charge >= 0.3 is 0 Å². The highest BCUT2D eigenvalue weighted by Gasteiger charge is 2.18. The van der Waals surface area contributed by atoms with Gasteiger partial charge in [-0.25, -0.2) is 0 Å². The summed E-state index contributed by atoms with van der Waals surface area (Å²) in [6.07, 6.45) is 3.07. The van der Waals surface area contributed by atoms with Crippen LogP contribution in [0.4, 0.5) is 5.69 Å². The number of carbonyl (C=O) groups is 2. The molecule has 0 atom stereocenters. The minimum Gasteiger partial charge on any atom is -0.378 e. The summed E-state index contributed by atoms with van der Waals surface area (Å²) in [5, 5.41) is 3.34. The second-order valence-electron chi connectivity index (χ2n) is 5.83. The molecule has 5 nitrogen and oxygen atoms in total. The van der Waals surface area contributed by atoms with E-state index in [-0.39, 0.29) is 11.8 Å². The Kier molecular flexibility index (Phi) is 6.04. The maximum atomic E-state index is 12.5. The summed E-state index contributed by atoms with van der Waals surface area (Å²) in [6.45, 7) is 2.26. The molecule has 1 heterocycles. The first-order valence-corrected chi connectivity index (χ1v) is 8.72. The van der Waals surface area contributed by atoms with Gasteiger partial charge in [-0.3, -0.25) is 9.59 Å². The van der Waals surface area contributed by atoms with Gasteiger partial charge in [-0.1, -0.05) is 35.9 Å². The van der Waals surface area contributed by atoms with Crippen LogP contribution in [0.1, 0.15) is 15.9 Å². The normalized spacial score (nSPS) is 14.4. The van der Waals surface area contributed by atoms with Gasteiger partial charge in [-0.15, -0.1) is 0 Å². The lowest BCUT2D eigenvalue weighted by Crippen LogP contribution is -2.40. The number of halogens is 1. The molecule has 26 heavy (non-hydrogen) atoms. The van der Waals surface area contributed by atoms with Gasteiger partial charge in [0.2, 0.25) is 5.91 Å². The van der Waals surface area contributed by atoms with Crippen molar-refractivity contribution in [3.63, 3.8) is 0 Å². The standard InChI is InChI=1S/C20H19ClN2O3/c21-18-7-2-1-4-15(18)8-9-19(24)22-17-6-3-5-16(14-17)20(25)23-10-12-26-13-11-23/h1-9,14H,10-13H2,(H,22,24)/b9-8+. The third kappa shape index (κ3) is 4.71. The Hall–Kier alpha value is -2.63. The predicted octanol–water partition coefficient (Wildman–Crippen LogP) is 3.46. The fourth-order valence-electron chi connectivity index (χ4n) is 2.64. The van der Waals surface area contributed by atoms with Crippen LogP contribution in [0.2, 0.25) is 5.02 Å². The number of hydrogen-bond donors (Lipinski definition) is 1. The first-order valence-electron chi connectivity index (χ1n) is 8.34. The van der Waals surface area contributed by atoms with Crippen LogP contribution < -0.4 is 5.32 Å². The van der Waals surface area contributed by atoms with Crippen molar-refractivity contribution in [1.29, 1.82) is 0 Å². The monoisotopic (exact) mass is 370 g/mol. The molecule has 2 aromatic carbocycles. The maximum absolute atomic E-state index is 12.5. The highest BCUT2D eigenvalue weighted by molar-refractivity contribution is 6.32. The SMILES string of the molecule is O=C(/C=C/c1ccccc1Cl)Nc1cccc(C(=O)N2CCOCC2)c1. The van der Waals surface area contributed by atoms with Crippen molar-refractivity contribution in [2.75, 3.05) is 31.6 Å². The summed E-state index contributed by atoms with van der Waals surface area (Å²) in [6, 6.07) is 14.2. The van der Waals surface area contributed by atoms with Crippen LogP contribution >= 0.6 is 11.6 Å². The Bertz CT molecular complexity index is 829. The highest BCUT2D eigenvalue weighted by Crippen LogP contribution is 2.17. The predicted molar refractivity (Wildman–Crippen MR) is 102 cm³/mol. The zero-order chi connectivity index (χ0) is 18.4. The molecule has 1 fully saturated rings. The van der Waals surface area contributed by atoms with Crippen molar-refractivity contribution in [3.8, 4) is 0 Å². The molecule has 1 N–H and O–H groups in total. The first-order chi connectivity index (χ1) is 12.6. The molecule has 0 aromatic heterocycles. The van der Waals surface area contributed by atoms with Crippen LogP contribution in [0.25, 0.3) is 6.08 Å². The number of morpholine rings is 1. The van der Waals surface area contributed by atoms with Gasteiger partial charge in [-0.2, -0.15) is 0 Å². The number of carbonyl (C=O) groups excluding carboxylic acids is 2. The molecule has 0 radical (unpaired) electrons. The third-order valence-corrected chi connectivity index (χ3v) is 4.34. The van der Waals surface area contributed by atoms with Gasteiger partial charge < -0.3 is 15.0 Å². The van der Waals surface area contributed by atoms with Gasteiger partial charge in [0.1, 0.15) is 0 Å². The van der Waals surface area contributed by atoms with Gasteiger partial charge in [-0.05, 0) is 35.9 Å². The number of anilines is 1. The Balaban J connectivity index is 1.65. The fraction of sp³-hybridized carbons (Fsp3) is 0.200. The summed E-state index contributed by atoms with van der Waals surface area (Å²) >= 11 is 6.06. The van der Waals surface area contributed by atoms with E-state index >= 15 is 0 Å². The average molecular weight is 371 g/mol. The van der Waals surface area contributed by atoms with Crippen molar-refractivity contribution >= 4 is 35.2 Å². The molecule has 1 aliphatic rings. The van der Waals surface area contributed by atoms with E-state index in [2.05, 4.69) is 5.32 Å². The molecule has 0 unspecified atom stereocenters. The van der Waals surface area contributed by atoms with Gasteiger partial charge in [0.25, 0.3) is 5.91 Å². The Morgan fingerprint density at radius 2 is 1.85 bits per heavy atom. The molecule has 0 bridgehead atoms. The van der Waals surface area contributed by atoms with Crippen LogP contribution in [0, 0.1) is 0 Å². The lowest BCUT2D eigenvalue weighted by atomic mass is 10.1. The maximum Gasteiger partial charge on any atom is 0.254 e. The summed E-state index contributed by atoms with van der Waals surface area (Å²) in [5.41, 5.74) is 1.87. The van der Waals surface area contributed by atoms with Crippen LogP contribution in [-0.2, 0) is 9.53 Å². The van der Waals surface area contributed by atoms with Gasteiger partial charge in [0.15, 0.2) is 0 Å². The molecule has 3 rings (SSSR count). The minimum absolute atomic E-state index is 0.0593. The van der Waals surface area contributed by atoms with Crippen molar-refractivity contribution in [1.82, 2.24) is 4.90 Å². The number of hydrogen-bond acceptors (Lipinski definition) is 3. The summed E-state index contributed by atoms with van der Waals surface area (Å²) in [7, 11) is 0. The molecular weight excluding hydrogens is 352 g/mol. The number of nitrogens with one attached hydrogen (secondary N) is 1. The highest BCUT2D eigenvalue weighted by atomic mass is 35.5. The molecule has 0 saturated carbocycles. The lowest BCUT2D eigenvalue weighted by molar-refractivity contribution is -0.111. The molecule has 0 aliphatic carbocycles. The number of rotatable bonds is 4. The number of benzene rings is 2. The average Bonchev–Trinajstić information content (AvgIpc) is 2.68. The van der Waals surface area contributed by atoms with Crippen molar-refractivity contribution < 1.29 is 14.3 Å². The van der Waals surface area contributed by atoms with Crippen molar-refractivity contribution in [2.24, 2.45) is 0 Å². The first kappa shape index (κ1) is 18.2. The molecular formula is C20H19ClN2O3. The fourth-order valence-corrected chi connectivity index (χ4v) is 2.84. The minimum atomic E-state index is -0.291. The van der Waals surface area contributed by atoms with E-state index in [0.29, 0.717) is 42.6 Å². The van der Waals surface area contributed by atoms with Crippen molar-refractivity contribution in [3.05, 3.63) is 70.8 Å². The molecule has 1 aliphatic heterocycles. The van der Waals surface area contributed by atoms with E-state index in [0.717, 1.165) is 5.56 Å². The smallest absolute Gasteiger partial charge is 0.254 e. The number of ether oxygens (including phenoxy) is 1. The zero-order valence-electron chi connectivity index (χ0n) is 14.2. The second kappa shape index (κ2) is 8.65. The molecule has 0 spiro atoms. The lowest BCUT2D eigenvalue weighted by Gasteiger charge is -2.27. The quantitative estimate of drug-likeness (QED) is 0.838.